The van der Waals surface area contributed by atoms with Crippen molar-refractivity contribution in [2.24, 2.45) is 0 Å². The fourth-order valence-corrected chi connectivity index (χ4v) is 2.47. The maximum Gasteiger partial charge on any atom is 0.155 e. The van der Waals surface area contributed by atoms with Gasteiger partial charge in [0.25, 0.3) is 0 Å². The summed E-state index contributed by atoms with van der Waals surface area (Å²) >= 11 is 0. The van der Waals surface area contributed by atoms with E-state index in [0.29, 0.717) is 0 Å². The molecule has 3 nitrogen and oxygen atoms in total. The second kappa shape index (κ2) is 9.98. The molecule has 0 fully saturated rings. The van der Waals surface area contributed by atoms with Crippen LogP contribution in [0.4, 0.5) is 4.39 Å². The van der Waals surface area contributed by atoms with Gasteiger partial charge in [0.05, 0.1) is 5.76 Å². The van der Waals surface area contributed by atoms with E-state index >= 15 is 0 Å². The molecule has 0 spiro atoms. The SMILES string of the molecule is CC(=O)/C=C(/C)O.Cc1cc(F)c[c-]c1-c1cccc2cccnc12.[Pt]. The number of hydrogen-bond acceptors (Lipinski definition) is 3. The van der Waals surface area contributed by atoms with E-state index < -0.39 is 0 Å². The van der Waals surface area contributed by atoms with Crippen LogP contribution in [0.5, 0.6) is 0 Å². The quantitative estimate of drug-likeness (QED) is 0.282. The van der Waals surface area contributed by atoms with Gasteiger partial charge in [-0.1, -0.05) is 36.8 Å². The summed E-state index contributed by atoms with van der Waals surface area (Å²) in [4.78, 5) is 14.4. The van der Waals surface area contributed by atoms with Gasteiger partial charge in [-0.3, -0.25) is 14.2 Å². The molecule has 0 amide bonds. The average Bonchev–Trinajstić information content (AvgIpc) is 2.54. The van der Waals surface area contributed by atoms with E-state index in [0.717, 1.165) is 27.6 Å². The minimum absolute atomic E-state index is 0. The Morgan fingerprint density at radius 3 is 2.50 bits per heavy atom. The normalized spacial score (nSPS) is 10.5. The predicted octanol–water partition coefficient (Wildman–Crippen LogP) is 5.18. The molecular formula is C21H19FNO2Pt-. The minimum atomic E-state index is -0.260. The minimum Gasteiger partial charge on any atom is -0.512 e. The molecule has 138 valence electrons. The predicted molar refractivity (Wildman–Crippen MR) is 97.8 cm³/mol. The van der Waals surface area contributed by atoms with E-state index in [1.54, 1.807) is 6.20 Å². The molecule has 0 unspecified atom stereocenters. The van der Waals surface area contributed by atoms with Crippen LogP contribution in [0.3, 0.4) is 0 Å². The molecule has 0 aliphatic heterocycles. The molecule has 0 radical (unpaired) electrons. The third-order valence-corrected chi connectivity index (χ3v) is 3.42. The fraction of sp³-hybridized carbons (Fsp3) is 0.143. The Morgan fingerprint density at radius 2 is 1.92 bits per heavy atom. The van der Waals surface area contributed by atoms with Crippen LogP contribution in [-0.2, 0) is 25.9 Å². The van der Waals surface area contributed by atoms with Crippen molar-refractivity contribution in [2.45, 2.75) is 20.8 Å². The number of para-hydroxylation sites is 1. The van der Waals surface area contributed by atoms with Gasteiger partial charge in [0.2, 0.25) is 0 Å². The Balaban J connectivity index is 0.000000366. The molecule has 0 aliphatic rings. The largest absolute Gasteiger partial charge is 0.512 e. The Morgan fingerprint density at radius 1 is 1.23 bits per heavy atom. The molecule has 1 N–H and O–H groups in total. The number of hydrogen-bond donors (Lipinski definition) is 1. The third kappa shape index (κ3) is 5.89. The van der Waals surface area contributed by atoms with Crippen LogP contribution >= 0.6 is 0 Å². The second-order valence-corrected chi connectivity index (χ2v) is 5.65. The number of nitrogens with zero attached hydrogens (tertiary/aromatic N) is 1. The van der Waals surface area contributed by atoms with E-state index in [1.807, 2.05) is 37.3 Å². The molecule has 2 aromatic carbocycles. The van der Waals surface area contributed by atoms with Crippen LogP contribution in [-0.4, -0.2) is 15.9 Å². The molecular weight excluding hydrogens is 512 g/mol. The second-order valence-electron chi connectivity index (χ2n) is 5.65. The number of carbonyl (C=O) groups is 1. The molecule has 1 heterocycles. The number of ketones is 1. The van der Waals surface area contributed by atoms with Gasteiger partial charge in [-0.2, -0.15) is 0 Å². The molecule has 3 rings (SSSR count). The van der Waals surface area contributed by atoms with Crippen LogP contribution in [0.1, 0.15) is 19.4 Å². The van der Waals surface area contributed by atoms with Crippen LogP contribution in [0.25, 0.3) is 22.0 Å². The average molecular weight is 531 g/mol. The van der Waals surface area contributed by atoms with E-state index in [9.17, 15) is 9.18 Å². The number of benzene rings is 2. The maximum absolute atomic E-state index is 13.1. The van der Waals surface area contributed by atoms with E-state index in [4.69, 9.17) is 5.11 Å². The number of aromatic nitrogens is 1. The van der Waals surface area contributed by atoms with Crippen molar-refractivity contribution in [1.82, 2.24) is 4.98 Å². The molecule has 3 aromatic rings. The van der Waals surface area contributed by atoms with E-state index in [1.165, 1.54) is 32.1 Å². The Kier molecular flexibility index (Phi) is 8.34. The number of allylic oxidation sites excluding steroid dienone is 2. The number of halogens is 1. The number of aliphatic hydroxyl groups is 1. The summed E-state index contributed by atoms with van der Waals surface area (Å²) in [6.07, 6.45) is 2.94. The number of fused-ring (bicyclic) bond motifs is 1. The number of aliphatic hydroxyl groups excluding tert-OH is 1. The molecule has 26 heavy (non-hydrogen) atoms. The van der Waals surface area contributed by atoms with Crippen molar-refractivity contribution in [2.75, 3.05) is 0 Å². The summed E-state index contributed by atoms with van der Waals surface area (Å²) in [5, 5.41) is 9.44. The van der Waals surface area contributed by atoms with Gasteiger partial charge in [-0.25, -0.2) is 0 Å². The van der Waals surface area contributed by atoms with Crippen LogP contribution < -0.4 is 0 Å². The maximum atomic E-state index is 13.1. The zero-order valence-corrected chi connectivity index (χ0v) is 17.0. The van der Waals surface area contributed by atoms with Gasteiger partial charge in [-0.15, -0.1) is 29.3 Å². The monoisotopic (exact) mass is 531 g/mol. The van der Waals surface area contributed by atoms with Crippen molar-refractivity contribution in [3.05, 3.63) is 77.9 Å². The standard InChI is InChI=1S/C16H11FN.C5H8O2.Pt/c1-11-10-13(17)7-8-14(11)15-6-2-4-12-5-3-9-18-16(12)15;1-4(6)3-5(2)7;/h2-7,9-10H,1H3;3,6H,1-2H3;/q-1;;/b;4-3-;. The van der Waals surface area contributed by atoms with Crippen molar-refractivity contribution in [1.29, 1.82) is 0 Å². The molecule has 0 atom stereocenters. The van der Waals surface area contributed by atoms with Gasteiger partial charge in [0.1, 0.15) is 0 Å². The van der Waals surface area contributed by atoms with E-state index in [2.05, 4.69) is 11.1 Å². The first-order chi connectivity index (χ1) is 11.9. The van der Waals surface area contributed by atoms with Crippen molar-refractivity contribution < 1.29 is 35.4 Å². The molecule has 5 heteroatoms. The number of pyridine rings is 1. The summed E-state index contributed by atoms with van der Waals surface area (Å²) < 4.78 is 13.1. The van der Waals surface area contributed by atoms with Crippen LogP contribution in [0.2, 0.25) is 0 Å². The summed E-state index contributed by atoms with van der Waals surface area (Å²) in [6, 6.07) is 15.8. The summed E-state index contributed by atoms with van der Waals surface area (Å²) in [6.45, 7) is 4.73. The number of carbonyl (C=O) groups excluding carboxylic acids is 1. The first-order valence-corrected chi connectivity index (χ1v) is 7.78. The number of rotatable bonds is 2. The van der Waals surface area contributed by atoms with Crippen LogP contribution in [0, 0.1) is 18.8 Å². The first kappa shape index (κ1) is 21.7. The van der Waals surface area contributed by atoms with Crippen LogP contribution in [0.15, 0.2) is 60.5 Å². The fourth-order valence-electron chi connectivity index (χ4n) is 2.47. The molecule has 0 bridgehead atoms. The van der Waals surface area contributed by atoms with Gasteiger partial charge >= 0.3 is 0 Å². The topological polar surface area (TPSA) is 50.2 Å². The summed E-state index contributed by atoms with van der Waals surface area (Å²) in [7, 11) is 0. The Hall–Kier alpha value is -2.32. The molecule has 0 saturated heterocycles. The molecule has 0 saturated carbocycles. The first-order valence-electron chi connectivity index (χ1n) is 7.78. The Labute approximate surface area is 166 Å². The van der Waals surface area contributed by atoms with Gasteiger partial charge in [0.15, 0.2) is 5.78 Å². The van der Waals surface area contributed by atoms with Crippen molar-refractivity contribution >= 4 is 16.7 Å². The molecule has 1 aromatic heterocycles. The summed E-state index contributed by atoms with van der Waals surface area (Å²) in [5.41, 5.74) is 3.69. The zero-order chi connectivity index (χ0) is 18.4. The zero-order valence-electron chi connectivity index (χ0n) is 14.7. The van der Waals surface area contributed by atoms with Crippen molar-refractivity contribution in [3.8, 4) is 11.1 Å². The van der Waals surface area contributed by atoms with Gasteiger partial charge in [0, 0.05) is 44.7 Å². The molecule has 0 aliphatic carbocycles. The Bertz CT molecular complexity index is 929. The third-order valence-electron chi connectivity index (χ3n) is 3.42. The summed E-state index contributed by atoms with van der Waals surface area (Å²) in [5.74, 6) is -0.322. The van der Waals surface area contributed by atoms with Gasteiger partial charge in [-0.05, 0) is 25.3 Å². The van der Waals surface area contributed by atoms with Crippen molar-refractivity contribution in [3.63, 3.8) is 0 Å². The number of aryl methyl sites for hydroxylation is 1. The van der Waals surface area contributed by atoms with Gasteiger partial charge < -0.3 is 5.11 Å². The van der Waals surface area contributed by atoms with E-state index in [-0.39, 0.29) is 38.4 Å². The smallest absolute Gasteiger partial charge is 0.155 e.